The molecule has 0 fully saturated rings. The maximum absolute atomic E-state index is 11.7. The predicted molar refractivity (Wildman–Crippen MR) is 80.3 cm³/mol. The molecule has 2 N–H and O–H groups in total. The van der Waals surface area contributed by atoms with Gasteiger partial charge in [0.15, 0.2) is 6.61 Å². The summed E-state index contributed by atoms with van der Waals surface area (Å²) in [5.41, 5.74) is 0.224. The van der Waals surface area contributed by atoms with Crippen LogP contribution < -0.4 is 15.4 Å². The molecule has 0 bridgehead atoms. The third-order valence-electron chi connectivity index (χ3n) is 2.40. The van der Waals surface area contributed by atoms with Crippen LogP contribution in [-0.2, 0) is 14.3 Å². The van der Waals surface area contributed by atoms with Crippen LogP contribution in [0.3, 0.4) is 0 Å². The van der Waals surface area contributed by atoms with Gasteiger partial charge in [-0.05, 0) is 32.9 Å². The Morgan fingerprint density at radius 1 is 1.14 bits per heavy atom. The molecule has 1 rings (SSSR count). The Labute approximate surface area is 124 Å². The first kappa shape index (κ1) is 17.0. The van der Waals surface area contributed by atoms with Crippen LogP contribution >= 0.6 is 0 Å². The number of hydrogen-bond acceptors (Lipinski definition) is 4. The normalized spacial score (nSPS) is 10.9. The summed E-state index contributed by atoms with van der Waals surface area (Å²) in [5.74, 6) is 0.0459. The molecule has 2 amide bonds. The zero-order valence-electron chi connectivity index (χ0n) is 12.9. The average molecular weight is 294 g/mol. The smallest absolute Gasteiger partial charge is 0.257 e. The fraction of sp³-hybridized carbons (Fsp3) is 0.467. The van der Waals surface area contributed by atoms with Gasteiger partial charge in [-0.1, -0.05) is 6.07 Å². The van der Waals surface area contributed by atoms with E-state index in [1.807, 2.05) is 20.8 Å². The lowest BCUT2D eigenvalue weighted by Gasteiger charge is -2.19. The highest BCUT2D eigenvalue weighted by Crippen LogP contribution is 2.17. The third kappa shape index (κ3) is 7.31. The molecule has 21 heavy (non-hydrogen) atoms. The number of ether oxygens (including phenoxy) is 2. The SMILES string of the molecule is CNC(=O)COc1cccc(NC(=O)COC(C)(C)C)c1. The van der Waals surface area contributed by atoms with Crippen LogP contribution in [-0.4, -0.2) is 37.7 Å². The number of carbonyl (C=O) groups is 2. The van der Waals surface area contributed by atoms with Crippen molar-refractivity contribution in [1.29, 1.82) is 0 Å². The van der Waals surface area contributed by atoms with E-state index in [2.05, 4.69) is 10.6 Å². The van der Waals surface area contributed by atoms with Crippen molar-refractivity contribution in [2.45, 2.75) is 26.4 Å². The molecule has 1 aromatic rings. The largest absolute Gasteiger partial charge is 0.484 e. The average Bonchev–Trinajstić information content (AvgIpc) is 2.42. The van der Waals surface area contributed by atoms with Crippen LogP contribution in [0.25, 0.3) is 0 Å². The zero-order valence-corrected chi connectivity index (χ0v) is 12.9. The number of anilines is 1. The lowest BCUT2D eigenvalue weighted by molar-refractivity contribution is -0.125. The van der Waals surface area contributed by atoms with E-state index in [0.717, 1.165) is 0 Å². The summed E-state index contributed by atoms with van der Waals surface area (Å²) in [6.45, 7) is 5.56. The van der Waals surface area contributed by atoms with Crippen molar-refractivity contribution in [3.63, 3.8) is 0 Å². The monoisotopic (exact) mass is 294 g/mol. The maximum atomic E-state index is 11.7. The summed E-state index contributed by atoms with van der Waals surface area (Å²) in [7, 11) is 1.54. The minimum absolute atomic E-state index is 0.0210. The van der Waals surface area contributed by atoms with Crippen molar-refractivity contribution in [2.75, 3.05) is 25.6 Å². The molecule has 6 nitrogen and oxygen atoms in total. The van der Waals surface area contributed by atoms with E-state index in [1.54, 1.807) is 24.3 Å². The van der Waals surface area contributed by atoms with E-state index in [9.17, 15) is 9.59 Å². The Morgan fingerprint density at radius 3 is 2.48 bits per heavy atom. The van der Waals surface area contributed by atoms with Gasteiger partial charge in [-0.25, -0.2) is 0 Å². The van der Waals surface area contributed by atoms with Gasteiger partial charge in [0, 0.05) is 18.8 Å². The number of rotatable bonds is 6. The predicted octanol–water partition coefficient (Wildman–Crippen LogP) is 1.56. The van der Waals surface area contributed by atoms with E-state index in [0.29, 0.717) is 11.4 Å². The summed E-state index contributed by atoms with van der Waals surface area (Å²) in [6.07, 6.45) is 0. The van der Waals surface area contributed by atoms with E-state index in [4.69, 9.17) is 9.47 Å². The molecule has 116 valence electrons. The molecule has 0 aliphatic heterocycles. The van der Waals surface area contributed by atoms with Crippen molar-refractivity contribution in [1.82, 2.24) is 5.32 Å². The quantitative estimate of drug-likeness (QED) is 0.835. The third-order valence-corrected chi connectivity index (χ3v) is 2.40. The Morgan fingerprint density at radius 2 is 1.86 bits per heavy atom. The van der Waals surface area contributed by atoms with Crippen molar-refractivity contribution in [3.05, 3.63) is 24.3 Å². The molecule has 0 aliphatic carbocycles. The molecule has 6 heteroatoms. The highest BCUT2D eigenvalue weighted by molar-refractivity contribution is 5.91. The van der Waals surface area contributed by atoms with E-state index in [1.165, 1.54) is 7.05 Å². The molecule has 0 heterocycles. The van der Waals surface area contributed by atoms with Crippen LogP contribution in [0.1, 0.15) is 20.8 Å². The first-order chi connectivity index (χ1) is 9.80. The molecule has 0 aliphatic rings. The summed E-state index contributed by atoms with van der Waals surface area (Å²) in [5, 5.41) is 5.17. The summed E-state index contributed by atoms with van der Waals surface area (Å²) >= 11 is 0. The maximum Gasteiger partial charge on any atom is 0.257 e. The van der Waals surface area contributed by atoms with Gasteiger partial charge in [-0.3, -0.25) is 9.59 Å². The van der Waals surface area contributed by atoms with Crippen LogP contribution in [0, 0.1) is 0 Å². The Hall–Kier alpha value is -2.08. The van der Waals surface area contributed by atoms with E-state index in [-0.39, 0.29) is 30.6 Å². The van der Waals surface area contributed by atoms with Gasteiger partial charge in [0.2, 0.25) is 5.91 Å². The van der Waals surface area contributed by atoms with Crippen molar-refractivity contribution < 1.29 is 19.1 Å². The standard InChI is InChI=1S/C15H22N2O4/c1-15(2,3)21-10-14(19)17-11-6-5-7-12(8-11)20-9-13(18)16-4/h5-8H,9-10H2,1-4H3,(H,16,18)(H,17,19). The molecule has 0 aromatic heterocycles. The second kappa shape index (κ2) is 7.64. The lowest BCUT2D eigenvalue weighted by Crippen LogP contribution is -2.27. The molecule has 0 saturated carbocycles. The fourth-order valence-corrected chi connectivity index (χ4v) is 1.36. The van der Waals surface area contributed by atoms with Gasteiger partial charge in [0.1, 0.15) is 12.4 Å². The summed E-state index contributed by atoms with van der Waals surface area (Å²) in [4.78, 5) is 22.8. The number of likely N-dealkylation sites (N-methyl/N-ethyl adjacent to an activating group) is 1. The van der Waals surface area contributed by atoms with Gasteiger partial charge >= 0.3 is 0 Å². The Balaban J connectivity index is 2.52. The van der Waals surface area contributed by atoms with Gasteiger partial charge < -0.3 is 20.1 Å². The molecule has 0 atom stereocenters. The van der Waals surface area contributed by atoms with Crippen LogP contribution in [0.4, 0.5) is 5.69 Å². The first-order valence-electron chi connectivity index (χ1n) is 6.67. The van der Waals surface area contributed by atoms with Crippen molar-refractivity contribution in [2.24, 2.45) is 0 Å². The van der Waals surface area contributed by atoms with Gasteiger partial charge in [-0.15, -0.1) is 0 Å². The second-order valence-electron chi connectivity index (χ2n) is 5.44. The number of carbonyl (C=O) groups excluding carboxylic acids is 2. The lowest BCUT2D eigenvalue weighted by atomic mass is 10.2. The highest BCUT2D eigenvalue weighted by Gasteiger charge is 2.13. The summed E-state index contributed by atoms with van der Waals surface area (Å²) < 4.78 is 10.7. The molecule has 1 aromatic carbocycles. The molecule has 0 spiro atoms. The van der Waals surface area contributed by atoms with Gasteiger partial charge in [0.25, 0.3) is 5.91 Å². The number of nitrogens with one attached hydrogen (secondary N) is 2. The molecular weight excluding hydrogens is 272 g/mol. The van der Waals surface area contributed by atoms with E-state index < -0.39 is 0 Å². The molecule has 0 radical (unpaired) electrons. The van der Waals surface area contributed by atoms with Gasteiger partial charge in [0.05, 0.1) is 5.60 Å². The number of hydrogen-bond donors (Lipinski definition) is 2. The minimum atomic E-state index is -0.365. The van der Waals surface area contributed by atoms with Crippen LogP contribution in [0.5, 0.6) is 5.75 Å². The molecule has 0 unspecified atom stereocenters. The zero-order chi connectivity index (χ0) is 15.9. The fourth-order valence-electron chi connectivity index (χ4n) is 1.36. The summed E-state index contributed by atoms with van der Waals surface area (Å²) in [6, 6.07) is 6.84. The Bertz CT molecular complexity index is 495. The van der Waals surface area contributed by atoms with Gasteiger partial charge in [-0.2, -0.15) is 0 Å². The number of benzene rings is 1. The topological polar surface area (TPSA) is 76.7 Å². The van der Waals surface area contributed by atoms with Crippen LogP contribution in [0.2, 0.25) is 0 Å². The first-order valence-corrected chi connectivity index (χ1v) is 6.67. The highest BCUT2D eigenvalue weighted by atomic mass is 16.5. The van der Waals surface area contributed by atoms with Crippen LogP contribution in [0.15, 0.2) is 24.3 Å². The molecular formula is C15H22N2O4. The second-order valence-corrected chi connectivity index (χ2v) is 5.44. The molecule has 0 saturated heterocycles. The number of amides is 2. The van der Waals surface area contributed by atoms with Crippen molar-refractivity contribution >= 4 is 17.5 Å². The Kier molecular flexibility index (Phi) is 6.17. The van der Waals surface area contributed by atoms with E-state index >= 15 is 0 Å². The minimum Gasteiger partial charge on any atom is -0.484 e. The van der Waals surface area contributed by atoms with Crippen molar-refractivity contribution in [3.8, 4) is 5.75 Å².